The molecule has 0 spiro atoms. The molecular weight excluding hydrogens is 215 g/mol. The fourth-order valence-electron chi connectivity index (χ4n) is 1.91. The van der Waals surface area contributed by atoms with Crippen molar-refractivity contribution in [3.05, 3.63) is 54.0 Å². The summed E-state index contributed by atoms with van der Waals surface area (Å²) in [7, 11) is 0. The summed E-state index contributed by atoms with van der Waals surface area (Å²) in [4.78, 5) is 7.54. The minimum absolute atomic E-state index is 0.223. The van der Waals surface area contributed by atoms with Gasteiger partial charge in [0.1, 0.15) is 11.5 Å². The quantitative estimate of drug-likeness (QED) is 0.673. The van der Waals surface area contributed by atoms with Crippen molar-refractivity contribution in [2.75, 3.05) is 0 Å². The van der Waals surface area contributed by atoms with Crippen LogP contribution in [0.5, 0.6) is 0 Å². The summed E-state index contributed by atoms with van der Waals surface area (Å²) in [6.07, 6.45) is 1.83. The van der Waals surface area contributed by atoms with Crippen molar-refractivity contribution in [2.45, 2.75) is 6.92 Å². The maximum absolute atomic E-state index is 12.8. The first-order valence-electron chi connectivity index (χ1n) is 5.44. The van der Waals surface area contributed by atoms with Gasteiger partial charge in [0.2, 0.25) is 0 Å². The predicted octanol–water partition coefficient (Wildman–Crippen LogP) is 3.68. The summed E-state index contributed by atoms with van der Waals surface area (Å²) >= 11 is 0. The number of aromatic nitrogens is 2. The summed E-state index contributed by atoms with van der Waals surface area (Å²) in [6, 6.07) is 10.5. The van der Waals surface area contributed by atoms with Gasteiger partial charge in [0, 0.05) is 17.3 Å². The molecule has 0 aliphatic heterocycles. The van der Waals surface area contributed by atoms with E-state index in [0.29, 0.717) is 0 Å². The summed E-state index contributed by atoms with van der Waals surface area (Å²) in [5, 5.41) is 1.07. The van der Waals surface area contributed by atoms with Gasteiger partial charge in [0.15, 0.2) is 0 Å². The lowest BCUT2D eigenvalue weighted by atomic mass is 10.1. The molecule has 0 saturated carbocycles. The zero-order valence-corrected chi connectivity index (χ0v) is 9.37. The van der Waals surface area contributed by atoms with E-state index in [1.165, 1.54) is 12.1 Å². The van der Waals surface area contributed by atoms with Gasteiger partial charge in [-0.25, -0.2) is 9.37 Å². The Kier molecular flexibility index (Phi) is 2.18. The minimum Gasteiger partial charge on any atom is -0.339 e. The molecule has 2 aromatic heterocycles. The number of nitrogens with one attached hydrogen (secondary N) is 1. The average molecular weight is 226 g/mol. The third-order valence-electron chi connectivity index (χ3n) is 2.76. The molecule has 3 aromatic rings. The first kappa shape index (κ1) is 10.0. The van der Waals surface area contributed by atoms with Crippen LogP contribution in [0, 0.1) is 12.7 Å². The fourth-order valence-corrected chi connectivity index (χ4v) is 1.91. The molecule has 0 radical (unpaired) electrons. The first-order valence-corrected chi connectivity index (χ1v) is 5.44. The van der Waals surface area contributed by atoms with Crippen molar-refractivity contribution in [3.8, 4) is 11.3 Å². The van der Waals surface area contributed by atoms with Crippen LogP contribution in [-0.2, 0) is 0 Å². The molecule has 0 aliphatic carbocycles. The van der Waals surface area contributed by atoms with E-state index in [9.17, 15) is 4.39 Å². The van der Waals surface area contributed by atoms with Gasteiger partial charge in [-0.05, 0) is 54.4 Å². The number of H-pyrrole nitrogens is 1. The van der Waals surface area contributed by atoms with Crippen LogP contribution in [0.2, 0.25) is 0 Å². The third kappa shape index (κ3) is 1.80. The van der Waals surface area contributed by atoms with E-state index in [1.807, 2.05) is 19.2 Å². The molecule has 1 aromatic carbocycles. The molecule has 2 heterocycles. The van der Waals surface area contributed by atoms with E-state index in [4.69, 9.17) is 0 Å². The molecule has 84 valence electrons. The second-order valence-corrected chi connectivity index (χ2v) is 4.14. The molecular formula is C14H11FN2. The van der Waals surface area contributed by atoms with E-state index in [-0.39, 0.29) is 5.82 Å². The number of aromatic amines is 1. The summed E-state index contributed by atoms with van der Waals surface area (Å²) in [6.45, 7) is 2.01. The minimum atomic E-state index is -0.223. The smallest absolute Gasteiger partial charge is 0.137 e. The highest BCUT2D eigenvalue weighted by Crippen LogP contribution is 2.23. The van der Waals surface area contributed by atoms with Gasteiger partial charge >= 0.3 is 0 Å². The number of halogens is 1. The molecule has 0 amide bonds. The fraction of sp³-hybridized carbons (Fsp3) is 0.0714. The van der Waals surface area contributed by atoms with Gasteiger partial charge in [-0.3, -0.25) is 0 Å². The highest BCUT2D eigenvalue weighted by molar-refractivity contribution is 5.83. The zero-order chi connectivity index (χ0) is 11.8. The third-order valence-corrected chi connectivity index (χ3v) is 2.76. The lowest BCUT2D eigenvalue weighted by molar-refractivity contribution is 0.628. The van der Waals surface area contributed by atoms with Gasteiger partial charge in [-0.2, -0.15) is 0 Å². The number of fused-ring (bicyclic) bond motifs is 1. The van der Waals surface area contributed by atoms with Gasteiger partial charge in [0.05, 0.1) is 0 Å². The Bertz CT molecular complexity index is 668. The summed E-state index contributed by atoms with van der Waals surface area (Å²) in [5.74, 6) is -0.223. The van der Waals surface area contributed by atoms with E-state index < -0.39 is 0 Å². The second kappa shape index (κ2) is 3.70. The highest BCUT2D eigenvalue weighted by atomic mass is 19.1. The summed E-state index contributed by atoms with van der Waals surface area (Å²) in [5.41, 5.74) is 3.90. The molecule has 0 fully saturated rings. The van der Waals surface area contributed by atoms with Crippen molar-refractivity contribution in [1.29, 1.82) is 0 Å². The van der Waals surface area contributed by atoms with Crippen molar-refractivity contribution in [1.82, 2.24) is 9.97 Å². The number of hydrogen-bond donors (Lipinski definition) is 1. The maximum atomic E-state index is 12.8. The van der Waals surface area contributed by atoms with E-state index in [0.717, 1.165) is 27.9 Å². The average Bonchev–Trinajstić information content (AvgIpc) is 2.72. The van der Waals surface area contributed by atoms with Crippen LogP contribution in [0.4, 0.5) is 4.39 Å². The van der Waals surface area contributed by atoms with Crippen LogP contribution in [0.3, 0.4) is 0 Å². The van der Waals surface area contributed by atoms with Crippen molar-refractivity contribution in [2.24, 2.45) is 0 Å². The van der Waals surface area contributed by atoms with E-state index in [2.05, 4.69) is 16.0 Å². The second-order valence-electron chi connectivity index (χ2n) is 4.14. The molecule has 0 unspecified atom stereocenters. The van der Waals surface area contributed by atoms with Gasteiger partial charge in [-0.15, -0.1) is 0 Å². The number of rotatable bonds is 1. The van der Waals surface area contributed by atoms with Crippen LogP contribution in [0.15, 0.2) is 42.6 Å². The Hall–Kier alpha value is -2.16. The molecule has 0 bridgehead atoms. The van der Waals surface area contributed by atoms with Crippen LogP contribution < -0.4 is 0 Å². The van der Waals surface area contributed by atoms with Crippen LogP contribution >= 0.6 is 0 Å². The zero-order valence-electron chi connectivity index (χ0n) is 9.37. The van der Waals surface area contributed by atoms with Gasteiger partial charge < -0.3 is 4.98 Å². The molecule has 2 nitrogen and oxygen atoms in total. The predicted molar refractivity (Wildman–Crippen MR) is 66.2 cm³/mol. The lowest BCUT2D eigenvalue weighted by Gasteiger charge is -1.96. The number of aryl methyl sites for hydroxylation is 1. The van der Waals surface area contributed by atoms with Crippen molar-refractivity contribution < 1.29 is 4.39 Å². The molecule has 17 heavy (non-hydrogen) atoms. The number of hydrogen-bond acceptors (Lipinski definition) is 1. The molecule has 3 heteroatoms. The van der Waals surface area contributed by atoms with Crippen LogP contribution in [-0.4, -0.2) is 9.97 Å². The van der Waals surface area contributed by atoms with Crippen molar-refractivity contribution >= 4 is 11.0 Å². The van der Waals surface area contributed by atoms with Crippen LogP contribution in [0.25, 0.3) is 22.3 Å². The number of nitrogens with zero attached hydrogens (tertiary/aromatic N) is 1. The normalized spacial score (nSPS) is 10.9. The molecule has 1 N–H and O–H groups in total. The topological polar surface area (TPSA) is 28.7 Å². The number of pyridine rings is 1. The summed E-state index contributed by atoms with van der Waals surface area (Å²) < 4.78 is 12.8. The van der Waals surface area contributed by atoms with Gasteiger partial charge in [-0.1, -0.05) is 0 Å². The Morgan fingerprint density at radius 1 is 1.12 bits per heavy atom. The lowest BCUT2D eigenvalue weighted by Crippen LogP contribution is -1.79. The van der Waals surface area contributed by atoms with Gasteiger partial charge in [0.25, 0.3) is 0 Å². The largest absolute Gasteiger partial charge is 0.339 e. The Morgan fingerprint density at radius 3 is 2.65 bits per heavy atom. The van der Waals surface area contributed by atoms with Crippen LogP contribution in [0.1, 0.15) is 5.56 Å². The standard InChI is InChI=1S/C14H11FN2/c1-9-6-11-7-13(17-14(11)16-8-9)10-2-4-12(15)5-3-10/h2-8H,1H3,(H,16,17). The highest BCUT2D eigenvalue weighted by Gasteiger charge is 2.04. The van der Waals surface area contributed by atoms with E-state index >= 15 is 0 Å². The van der Waals surface area contributed by atoms with Crippen molar-refractivity contribution in [3.63, 3.8) is 0 Å². The molecule has 3 rings (SSSR count). The first-order chi connectivity index (χ1) is 8.22. The van der Waals surface area contributed by atoms with E-state index in [1.54, 1.807) is 12.1 Å². The maximum Gasteiger partial charge on any atom is 0.137 e. The molecule has 0 aliphatic rings. The Morgan fingerprint density at radius 2 is 1.88 bits per heavy atom. The number of benzene rings is 1. The molecule has 0 atom stereocenters. The Balaban J connectivity index is 2.14. The molecule has 0 saturated heterocycles. The SMILES string of the molecule is Cc1cnc2[nH]c(-c3ccc(F)cc3)cc2c1. The Labute approximate surface area is 98.1 Å². The monoisotopic (exact) mass is 226 g/mol.